The van der Waals surface area contributed by atoms with Crippen molar-refractivity contribution in [2.24, 2.45) is 0 Å². The van der Waals surface area contributed by atoms with E-state index in [-0.39, 0.29) is 5.54 Å². The lowest BCUT2D eigenvalue weighted by Crippen LogP contribution is -2.57. The molecule has 1 aliphatic carbocycles. The molecule has 0 aromatic carbocycles. The van der Waals surface area contributed by atoms with Crippen LogP contribution in [0.1, 0.15) is 36.4 Å². The summed E-state index contributed by atoms with van der Waals surface area (Å²) in [7, 11) is 0. The summed E-state index contributed by atoms with van der Waals surface area (Å²) in [5.41, 5.74) is 0.785. The lowest BCUT2D eigenvalue weighted by molar-refractivity contribution is -0.133. The molecule has 20 heavy (non-hydrogen) atoms. The van der Waals surface area contributed by atoms with Gasteiger partial charge in [-0.2, -0.15) is 0 Å². The molecule has 2 fully saturated rings. The normalized spacial score (nSPS) is 23.1. The molecule has 110 valence electrons. The summed E-state index contributed by atoms with van der Waals surface area (Å²) in [6, 6.07) is 0. The lowest BCUT2D eigenvalue weighted by Gasteiger charge is -2.42. The summed E-state index contributed by atoms with van der Waals surface area (Å²) >= 11 is 1.61. The molecule has 0 N–H and O–H groups in total. The van der Waals surface area contributed by atoms with E-state index < -0.39 is 0 Å². The molecule has 2 heterocycles. The van der Waals surface area contributed by atoms with Crippen LogP contribution in [0.15, 0.2) is 5.38 Å². The van der Waals surface area contributed by atoms with Crippen LogP contribution in [-0.2, 0) is 16.0 Å². The first-order valence-corrected chi connectivity index (χ1v) is 8.36. The minimum Gasteiger partial charge on any atom is -0.379 e. The van der Waals surface area contributed by atoms with Crippen molar-refractivity contribution in [2.75, 3.05) is 26.3 Å². The van der Waals surface area contributed by atoms with Crippen LogP contribution in [0.25, 0.3) is 0 Å². The molecule has 1 aromatic heterocycles. The van der Waals surface area contributed by atoms with E-state index in [1.165, 1.54) is 12.8 Å². The summed E-state index contributed by atoms with van der Waals surface area (Å²) in [5, 5.41) is 2.99. The fourth-order valence-electron chi connectivity index (χ4n) is 3.51. The van der Waals surface area contributed by atoms with Gasteiger partial charge in [-0.15, -0.1) is 11.3 Å². The fourth-order valence-corrected chi connectivity index (χ4v) is 4.28. The highest BCUT2D eigenvalue weighted by atomic mass is 32.1. The number of morpholine rings is 1. The van der Waals surface area contributed by atoms with E-state index in [0.29, 0.717) is 12.2 Å². The van der Waals surface area contributed by atoms with Gasteiger partial charge in [0.2, 0.25) is 0 Å². The highest BCUT2D eigenvalue weighted by Crippen LogP contribution is 2.37. The Morgan fingerprint density at radius 3 is 2.70 bits per heavy atom. The SMILES string of the molecule is Cc1csc(CC(=O)C2(N3CCOCC3)CCCC2)n1. The predicted octanol–water partition coefficient (Wildman–Crippen LogP) is 2.21. The number of carbonyl (C=O) groups is 1. The maximum atomic E-state index is 12.9. The molecule has 4 nitrogen and oxygen atoms in total. The highest BCUT2D eigenvalue weighted by Gasteiger charge is 2.45. The zero-order valence-corrected chi connectivity index (χ0v) is 12.9. The number of hydrogen-bond acceptors (Lipinski definition) is 5. The monoisotopic (exact) mass is 294 g/mol. The first kappa shape index (κ1) is 14.2. The zero-order valence-electron chi connectivity index (χ0n) is 12.1. The van der Waals surface area contributed by atoms with Crippen LogP contribution in [0.4, 0.5) is 0 Å². The van der Waals surface area contributed by atoms with Gasteiger partial charge in [0.15, 0.2) is 5.78 Å². The molecule has 0 atom stereocenters. The molecule has 3 rings (SSSR count). The molecule has 1 aliphatic heterocycles. The van der Waals surface area contributed by atoms with E-state index in [0.717, 1.165) is 49.8 Å². The third kappa shape index (κ3) is 2.67. The Morgan fingerprint density at radius 1 is 1.40 bits per heavy atom. The summed E-state index contributed by atoms with van der Waals surface area (Å²) in [5.74, 6) is 0.367. The Hall–Kier alpha value is -0.780. The second kappa shape index (κ2) is 5.92. The number of Topliss-reactive ketones (excluding diaryl/α,β-unsaturated/α-hetero) is 1. The van der Waals surface area contributed by atoms with Crippen molar-refractivity contribution < 1.29 is 9.53 Å². The summed E-state index contributed by atoms with van der Waals surface area (Å²) < 4.78 is 5.44. The van der Waals surface area contributed by atoms with Gasteiger partial charge in [0.25, 0.3) is 0 Å². The van der Waals surface area contributed by atoms with E-state index in [1.807, 2.05) is 12.3 Å². The summed E-state index contributed by atoms with van der Waals surface area (Å²) in [6.07, 6.45) is 4.85. The number of rotatable bonds is 4. The van der Waals surface area contributed by atoms with Crippen LogP contribution >= 0.6 is 11.3 Å². The minimum atomic E-state index is -0.233. The molecular weight excluding hydrogens is 272 g/mol. The Balaban J connectivity index is 1.76. The Labute approximate surface area is 124 Å². The number of ketones is 1. The quantitative estimate of drug-likeness (QED) is 0.854. The smallest absolute Gasteiger partial charge is 0.159 e. The predicted molar refractivity (Wildman–Crippen MR) is 79.2 cm³/mol. The van der Waals surface area contributed by atoms with Gasteiger partial charge in [0, 0.05) is 24.2 Å². The van der Waals surface area contributed by atoms with Crippen molar-refractivity contribution in [1.29, 1.82) is 0 Å². The van der Waals surface area contributed by atoms with E-state index in [2.05, 4.69) is 9.88 Å². The van der Waals surface area contributed by atoms with Crippen LogP contribution in [0, 0.1) is 6.92 Å². The van der Waals surface area contributed by atoms with Gasteiger partial charge in [-0.05, 0) is 19.8 Å². The molecule has 1 aromatic rings. The first-order valence-electron chi connectivity index (χ1n) is 7.48. The highest BCUT2D eigenvalue weighted by molar-refractivity contribution is 7.09. The van der Waals surface area contributed by atoms with E-state index >= 15 is 0 Å². The Bertz CT molecular complexity index is 474. The third-order valence-corrected chi connectivity index (χ3v) is 5.51. The largest absolute Gasteiger partial charge is 0.379 e. The molecule has 0 spiro atoms. The molecule has 0 amide bonds. The minimum absolute atomic E-state index is 0.233. The van der Waals surface area contributed by atoms with Crippen molar-refractivity contribution >= 4 is 17.1 Å². The first-order chi connectivity index (χ1) is 9.71. The second-order valence-electron chi connectivity index (χ2n) is 5.82. The van der Waals surface area contributed by atoms with Gasteiger partial charge in [0.05, 0.1) is 25.2 Å². The standard InChI is InChI=1S/C15H22N2O2S/c1-12-11-20-14(16-12)10-13(18)15(4-2-3-5-15)17-6-8-19-9-7-17/h11H,2-10H2,1H3. The lowest BCUT2D eigenvalue weighted by atomic mass is 9.87. The van der Waals surface area contributed by atoms with Gasteiger partial charge in [-0.1, -0.05) is 12.8 Å². The molecule has 0 unspecified atom stereocenters. The maximum Gasteiger partial charge on any atom is 0.159 e. The van der Waals surface area contributed by atoms with Gasteiger partial charge in [-0.25, -0.2) is 4.98 Å². The number of thiazole rings is 1. The Kier molecular flexibility index (Phi) is 4.19. The molecule has 1 saturated carbocycles. The van der Waals surface area contributed by atoms with Crippen LogP contribution in [0.5, 0.6) is 0 Å². The maximum absolute atomic E-state index is 12.9. The average Bonchev–Trinajstić information content (AvgIpc) is 3.10. The van der Waals surface area contributed by atoms with Crippen molar-refractivity contribution in [3.05, 3.63) is 16.1 Å². The molecule has 0 radical (unpaired) electrons. The van der Waals surface area contributed by atoms with Crippen LogP contribution in [-0.4, -0.2) is 47.5 Å². The molecule has 0 bridgehead atoms. The van der Waals surface area contributed by atoms with Gasteiger partial charge in [0.1, 0.15) is 5.01 Å². The van der Waals surface area contributed by atoms with Gasteiger partial charge in [-0.3, -0.25) is 9.69 Å². The molecule has 5 heteroatoms. The molecule has 2 aliphatic rings. The van der Waals surface area contributed by atoms with Crippen LogP contribution in [0.2, 0.25) is 0 Å². The summed E-state index contributed by atoms with van der Waals surface area (Å²) in [4.78, 5) is 19.8. The van der Waals surface area contributed by atoms with Gasteiger partial charge < -0.3 is 4.74 Å². The topological polar surface area (TPSA) is 42.4 Å². The second-order valence-corrected chi connectivity index (χ2v) is 6.76. The number of ether oxygens (including phenoxy) is 1. The number of aryl methyl sites for hydroxylation is 1. The molecule has 1 saturated heterocycles. The molecular formula is C15H22N2O2S. The van der Waals surface area contributed by atoms with E-state index in [4.69, 9.17) is 4.74 Å². The fraction of sp³-hybridized carbons (Fsp3) is 0.733. The number of nitrogens with zero attached hydrogens (tertiary/aromatic N) is 2. The third-order valence-electron chi connectivity index (χ3n) is 4.54. The van der Waals surface area contributed by atoms with Crippen LogP contribution in [0.3, 0.4) is 0 Å². The van der Waals surface area contributed by atoms with Crippen molar-refractivity contribution in [1.82, 2.24) is 9.88 Å². The van der Waals surface area contributed by atoms with Crippen molar-refractivity contribution in [2.45, 2.75) is 44.6 Å². The zero-order chi connectivity index (χ0) is 14.0. The average molecular weight is 294 g/mol. The van der Waals surface area contributed by atoms with Crippen LogP contribution < -0.4 is 0 Å². The number of aromatic nitrogens is 1. The van der Waals surface area contributed by atoms with Crippen molar-refractivity contribution in [3.8, 4) is 0 Å². The van der Waals surface area contributed by atoms with Gasteiger partial charge >= 0.3 is 0 Å². The Morgan fingerprint density at radius 2 is 2.10 bits per heavy atom. The van der Waals surface area contributed by atoms with Crippen molar-refractivity contribution in [3.63, 3.8) is 0 Å². The van der Waals surface area contributed by atoms with E-state index in [9.17, 15) is 4.79 Å². The number of carbonyl (C=O) groups excluding carboxylic acids is 1. The summed E-state index contributed by atoms with van der Waals surface area (Å²) in [6.45, 7) is 5.28. The van der Waals surface area contributed by atoms with E-state index in [1.54, 1.807) is 11.3 Å². The number of hydrogen-bond donors (Lipinski definition) is 0.